The van der Waals surface area contributed by atoms with Gasteiger partial charge in [0.15, 0.2) is 5.11 Å². The number of rotatable bonds is 5. The lowest BCUT2D eigenvalue weighted by Crippen LogP contribution is -2.36. The van der Waals surface area contributed by atoms with E-state index in [1.807, 2.05) is 18.3 Å². The topological polar surface area (TPSA) is 45.6 Å². The van der Waals surface area contributed by atoms with Gasteiger partial charge in [0.05, 0.1) is 31.0 Å². The Balaban J connectivity index is 1.41. The predicted octanol–water partition coefficient (Wildman–Crippen LogP) is 5.81. The van der Waals surface area contributed by atoms with Crippen molar-refractivity contribution in [2.45, 2.75) is 32.9 Å². The highest BCUT2D eigenvalue weighted by molar-refractivity contribution is 7.80. The average Bonchev–Trinajstić information content (AvgIpc) is 3.45. The largest absolute Gasteiger partial charge is 0.378 e. The number of benzene rings is 2. The van der Waals surface area contributed by atoms with Crippen LogP contribution in [-0.2, 0) is 4.74 Å². The summed E-state index contributed by atoms with van der Waals surface area (Å²) in [5.41, 5.74) is 9.32. The molecule has 4 heterocycles. The van der Waals surface area contributed by atoms with E-state index in [0.717, 1.165) is 43.4 Å². The zero-order valence-electron chi connectivity index (χ0n) is 22.1. The summed E-state index contributed by atoms with van der Waals surface area (Å²) in [4.78, 5) is 9.35. The van der Waals surface area contributed by atoms with Crippen molar-refractivity contribution in [3.05, 3.63) is 107 Å². The van der Waals surface area contributed by atoms with Crippen LogP contribution in [0.2, 0.25) is 0 Å². The Labute approximate surface area is 229 Å². The fraction of sp³-hybridized carbons (Fsp3) is 0.290. The van der Waals surface area contributed by atoms with Crippen LogP contribution in [0.3, 0.4) is 0 Å². The lowest BCUT2D eigenvalue weighted by Gasteiger charge is -2.29. The molecule has 2 unspecified atom stereocenters. The van der Waals surface area contributed by atoms with Crippen molar-refractivity contribution in [1.82, 2.24) is 14.9 Å². The second-order valence-electron chi connectivity index (χ2n) is 10.1. The molecule has 0 spiro atoms. The van der Waals surface area contributed by atoms with E-state index < -0.39 is 0 Å². The molecule has 194 valence electrons. The van der Waals surface area contributed by atoms with Crippen molar-refractivity contribution in [1.29, 1.82) is 0 Å². The third kappa shape index (κ3) is 4.46. The van der Waals surface area contributed by atoms with Crippen LogP contribution >= 0.6 is 12.2 Å². The monoisotopic (exact) mass is 523 g/mol. The minimum Gasteiger partial charge on any atom is -0.378 e. The first kappa shape index (κ1) is 24.6. The summed E-state index contributed by atoms with van der Waals surface area (Å²) in [6.45, 7) is 9.94. The van der Waals surface area contributed by atoms with Crippen molar-refractivity contribution < 1.29 is 4.74 Å². The van der Waals surface area contributed by atoms with E-state index in [1.165, 1.54) is 28.2 Å². The highest BCUT2D eigenvalue weighted by Crippen LogP contribution is 2.43. The van der Waals surface area contributed by atoms with Gasteiger partial charge >= 0.3 is 0 Å². The van der Waals surface area contributed by atoms with E-state index in [2.05, 4.69) is 101 Å². The number of ether oxygens (including phenoxy) is 1. The van der Waals surface area contributed by atoms with Gasteiger partial charge in [0.1, 0.15) is 0 Å². The van der Waals surface area contributed by atoms with Crippen molar-refractivity contribution in [3.63, 3.8) is 0 Å². The summed E-state index contributed by atoms with van der Waals surface area (Å²) >= 11 is 5.93. The smallest absolute Gasteiger partial charge is 0.174 e. The van der Waals surface area contributed by atoms with E-state index in [0.29, 0.717) is 5.11 Å². The Kier molecular flexibility index (Phi) is 6.64. The molecule has 1 N–H and O–H groups in total. The average molecular weight is 524 g/mol. The van der Waals surface area contributed by atoms with E-state index >= 15 is 0 Å². The molecule has 0 amide bonds. The summed E-state index contributed by atoms with van der Waals surface area (Å²) in [6, 6.07) is 25.8. The van der Waals surface area contributed by atoms with Gasteiger partial charge in [-0.15, -0.1) is 0 Å². The summed E-state index contributed by atoms with van der Waals surface area (Å²) in [7, 11) is 0. The van der Waals surface area contributed by atoms with E-state index in [-0.39, 0.29) is 12.1 Å². The third-order valence-corrected chi connectivity index (χ3v) is 8.00. The second kappa shape index (κ2) is 10.2. The van der Waals surface area contributed by atoms with E-state index in [9.17, 15) is 0 Å². The molecule has 2 aromatic carbocycles. The van der Waals surface area contributed by atoms with Crippen molar-refractivity contribution >= 4 is 28.7 Å². The molecule has 6 nitrogen and oxygen atoms in total. The molecule has 2 fully saturated rings. The molecule has 6 rings (SSSR count). The van der Waals surface area contributed by atoms with Gasteiger partial charge < -0.3 is 24.4 Å². The van der Waals surface area contributed by atoms with Gasteiger partial charge in [-0.2, -0.15) is 0 Å². The normalized spacial score (nSPS) is 19.6. The summed E-state index contributed by atoms with van der Waals surface area (Å²) in [5.74, 6) is 0. The van der Waals surface area contributed by atoms with Crippen LogP contribution in [0.5, 0.6) is 0 Å². The first-order chi connectivity index (χ1) is 18.5. The van der Waals surface area contributed by atoms with Crippen LogP contribution in [0.4, 0.5) is 11.4 Å². The van der Waals surface area contributed by atoms with Gasteiger partial charge in [0, 0.05) is 47.7 Å². The number of nitrogens with zero attached hydrogens (tertiary/aromatic N) is 4. The van der Waals surface area contributed by atoms with Crippen molar-refractivity contribution in [2.24, 2.45) is 0 Å². The maximum absolute atomic E-state index is 5.93. The summed E-state index contributed by atoms with van der Waals surface area (Å²) < 4.78 is 7.87. The van der Waals surface area contributed by atoms with Gasteiger partial charge in [-0.05, 0) is 93.1 Å². The standard InChI is InChI=1S/C31H33N5OS/c1-21-7-9-26(10-8-21)36-30(29(33-31(36)38)28-6-4-5-15-32-28)27-20-22(2)35(23(27)3)25-13-11-24(12-14-25)34-16-18-37-19-17-34/h4-15,20,29-30H,16-19H2,1-3H3,(H,33,38). The Hall–Kier alpha value is -3.68. The highest BCUT2D eigenvalue weighted by atomic mass is 32.1. The molecule has 4 aromatic rings. The number of thiocarbonyl (C=S) groups is 1. The molecule has 2 aliphatic rings. The third-order valence-electron chi connectivity index (χ3n) is 7.68. The molecule has 2 aliphatic heterocycles. The number of aromatic nitrogens is 2. The molecule has 0 saturated carbocycles. The number of morpholine rings is 1. The van der Waals surface area contributed by atoms with Crippen molar-refractivity contribution in [3.8, 4) is 5.69 Å². The Bertz CT molecular complexity index is 1430. The zero-order valence-corrected chi connectivity index (χ0v) is 22.9. The number of hydrogen-bond donors (Lipinski definition) is 1. The number of hydrogen-bond acceptors (Lipinski definition) is 4. The molecular formula is C31H33N5OS. The minimum absolute atomic E-state index is 0.0346. The number of nitrogens with one attached hydrogen (secondary N) is 1. The SMILES string of the molecule is Cc1ccc(N2C(=S)NC(c3ccccn3)C2c2cc(C)n(-c3ccc(N4CCOCC4)cc3)c2C)cc1. The number of pyridine rings is 1. The molecule has 0 aliphatic carbocycles. The van der Waals surface area contributed by atoms with Gasteiger partial charge in [-0.25, -0.2) is 0 Å². The fourth-order valence-electron chi connectivity index (χ4n) is 5.77. The number of aryl methyl sites for hydroxylation is 2. The highest BCUT2D eigenvalue weighted by Gasteiger charge is 2.42. The Morgan fingerprint density at radius 2 is 1.55 bits per heavy atom. The number of anilines is 2. The molecular weight excluding hydrogens is 490 g/mol. The Morgan fingerprint density at radius 1 is 0.868 bits per heavy atom. The molecule has 2 saturated heterocycles. The molecule has 2 atom stereocenters. The Morgan fingerprint density at radius 3 is 2.24 bits per heavy atom. The van der Waals surface area contributed by atoms with Crippen molar-refractivity contribution in [2.75, 3.05) is 36.1 Å². The first-order valence-corrected chi connectivity index (χ1v) is 13.6. The summed E-state index contributed by atoms with van der Waals surface area (Å²) in [6.07, 6.45) is 1.85. The van der Waals surface area contributed by atoms with Crippen LogP contribution in [0.25, 0.3) is 5.69 Å². The second-order valence-corrected chi connectivity index (χ2v) is 10.5. The lowest BCUT2D eigenvalue weighted by atomic mass is 9.96. The fourth-order valence-corrected chi connectivity index (χ4v) is 6.12. The molecule has 0 bridgehead atoms. The van der Waals surface area contributed by atoms with Gasteiger partial charge in [0.25, 0.3) is 0 Å². The minimum atomic E-state index is -0.0670. The molecule has 0 radical (unpaired) electrons. The van der Waals surface area contributed by atoms with Gasteiger partial charge in [-0.3, -0.25) is 4.98 Å². The van der Waals surface area contributed by atoms with Crippen LogP contribution in [0.1, 0.15) is 40.3 Å². The van der Waals surface area contributed by atoms with Gasteiger partial charge in [0.2, 0.25) is 0 Å². The quantitative estimate of drug-likeness (QED) is 0.333. The maximum atomic E-state index is 5.93. The maximum Gasteiger partial charge on any atom is 0.174 e. The lowest BCUT2D eigenvalue weighted by molar-refractivity contribution is 0.122. The summed E-state index contributed by atoms with van der Waals surface area (Å²) in [5, 5.41) is 4.31. The first-order valence-electron chi connectivity index (χ1n) is 13.2. The predicted molar refractivity (Wildman–Crippen MR) is 157 cm³/mol. The molecule has 2 aromatic heterocycles. The molecule has 7 heteroatoms. The van der Waals surface area contributed by atoms with Crippen LogP contribution in [0, 0.1) is 20.8 Å². The van der Waals surface area contributed by atoms with E-state index in [1.54, 1.807) is 0 Å². The van der Waals surface area contributed by atoms with Crippen LogP contribution in [-0.4, -0.2) is 41.0 Å². The molecule has 38 heavy (non-hydrogen) atoms. The zero-order chi connectivity index (χ0) is 26.2. The van der Waals surface area contributed by atoms with Crippen LogP contribution < -0.4 is 15.1 Å². The van der Waals surface area contributed by atoms with Crippen LogP contribution in [0.15, 0.2) is 79.0 Å². The van der Waals surface area contributed by atoms with Gasteiger partial charge in [-0.1, -0.05) is 23.8 Å². The van der Waals surface area contributed by atoms with E-state index in [4.69, 9.17) is 21.9 Å².